The molecular weight excluding hydrogens is 559 g/mol. The standard InChI is InChI=1S/C31H30ClFN6O3/c1-4-6-27(38-42-19-30(40)34-13-14-39(2)3)22-9-11-28-25(16-22)31(36-20-35-28)37-24-10-12-29(26(32)17-24)41-18-21-7-5-8-23(33)15-21/h5,7-12,15-17,20H,13-14,18-19H2,1-3H3,(H,34,40)(H,35,36,37). The van der Waals surface area contributed by atoms with Gasteiger partial charge in [0.05, 0.1) is 10.5 Å². The minimum absolute atomic E-state index is 0.180. The molecule has 0 aliphatic rings. The molecule has 4 rings (SSSR count). The Labute approximate surface area is 248 Å². The van der Waals surface area contributed by atoms with E-state index in [9.17, 15) is 9.18 Å². The van der Waals surface area contributed by atoms with E-state index < -0.39 is 0 Å². The number of ether oxygens (including phenoxy) is 1. The third-order valence-corrected chi connectivity index (χ3v) is 6.16. The van der Waals surface area contributed by atoms with E-state index >= 15 is 0 Å². The minimum atomic E-state index is -0.326. The molecule has 0 radical (unpaired) electrons. The molecule has 1 heterocycles. The van der Waals surface area contributed by atoms with Gasteiger partial charge in [0.2, 0.25) is 0 Å². The van der Waals surface area contributed by atoms with Crippen molar-refractivity contribution in [1.82, 2.24) is 20.2 Å². The molecule has 0 aliphatic carbocycles. The van der Waals surface area contributed by atoms with Crippen LogP contribution in [0.3, 0.4) is 0 Å². The predicted octanol–water partition coefficient (Wildman–Crippen LogP) is 5.17. The van der Waals surface area contributed by atoms with E-state index in [1.165, 1.54) is 18.5 Å². The number of hydrogen-bond donors (Lipinski definition) is 2. The number of anilines is 2. The molecule has 0 saturated carbocycles. The second-order valence-corrected chi connectivity index (χ2v) is 9.79. The van der Waals surface area contributed by atoms with Crippen LogP contribution < -0.4 is 15.4 Å². The van der Waals surface area contributed by atoms with Gasteiger partial charge in [0, 0.05) is 29.7 Å². The Balaban J connectivity index is 1.48. The molecule has 9 nitrogen and oxygen atoms in total. The number of aromatic nitrogens is 2. The van der Waals surface area contributed by atoms with Crippen molar-refractivity contribution in [2.24, 2.45) is 5.16 Å². The molecule has 4 aromatic rings. The van der Waals surface area contributed by atoms with Gasteiger partial charge >= 0.3 is 0 Å². The lowest BCUT2D eigenvalue weighted by molar-refractivity contribution is -0.125. The summed E-state index contributed by atoms with van der Waals surface area (Å²) in [6.07, 6.45) is 1.46. The van der Waals surface area contributed by atoms with Crippen molar-refractivity contribution in [2.45, 2.75) is 13.5 Å². The number of carbonyl (C=O) groups excluding carboxylic acids is 1. The highest BCUT2D eigenvalue weighted by Crippen LogP contribution is 2.31. The molecule has 1 amide bonds. The number of nitrogens with one attached hydrogen (secondary N) is 2. The summed E-state index contributed by atoms with van der Waals surface area (Å²) in [5, 5.41) is 11.3. The Bertz CT molecular complexity index is 1650. The van der Waals surface area contributed by atoms with E-state index in [-0.39, 0.29) is 24.9 Å². The van der Waals surface area contributed by atoms with Crippen molar-refractivity contribution in [3.8, 4) is 17.6 Å². The predicted molar refractivity (Wildman–Crippen MR) is 163 cm³/mol. The fourth-order valence-electron chi connectivity index (χ4n) is 3.82. The van der Waals surface area contributed by atoms with E-state index in [1.54, 1.807) is 37.3 Å². The number of nitrogens with zero attached hydrogens (tertiary/aromatic N) is 4. The topological polar surface area (TPSA) is 101 Å². The zero-order valence-corrected chi connectivity index (χ0v) is 24.2. The third kappa shape index (κ3) is 8.64. The minimum Gasteiger partial charge on any atom is -0.487 e. The molecule has 0 fully saturated rings. The van der Waals surface area contributed by atoms with Gasteiger partial charge in [-0.15, -0.1) is 0 Å². The largest absolute Gasteiger partial charge is 0.487 e. The SMILES string of the molecule is CC#CC(=NOCC(=O)NCCN(C)C)c1ccc2ncnc(Nc3ccc(OCc4cccc(F)c4)c(Cl)c3)c2c1. The number of carbonyl (C=O) groups is 1. The molecule has 0 atom stereocenters. The quantitative estimate of drug-likeness (QED) is 0.134. The molecule has 0 unspecified atom stereocenters. The van der Waals surface area contributed by atoms with Crippen LogP contribution in [0.1, 0.15) is 18.1 Å². The lowest BCUT2D eigenvalue weighted by atomic mass is 10.1. The highest BCUT2D eigenvalue weighted by Gasteiger charge is 2.11. The van der Waals surface area contributed by atoms with Gasteiger partial charge in [0.1, 0.15) is 30.3 Å². The first-order chi connectivity index (χ1) is 20.3. The summed E-state index contributed by atoms with van der Waals surface area (Å²) in [6, 6.07) is 16.9. The Morgan fingerprint density at radius 2 is 1.98 bits per heavy atom. The number of benzene rings is 3. The highest BCUT2D eigenvalue weighted by atomic mass is 35.5. The number of rotatable bonds is 12. The maximum absolute atomic E-state index is 13.5. The number of hydrogen-bond acceptors (Lipinski definition) is 8. The van der Waals surface area contributed by atoms with Gasteiger partial charge in [-0.3, -0.25) is 4.79 Å². The van der Waals surface area contributed by atoms with E-state index in [0.717, 1.165) is 6.54 Å². The van der Waals surface area contributed by atoms with Crippen LogP contribution in [0.4, 0.5) is 15.9 Å². The number of likely N-dealkylation sites (N-methyl/N-ethyl adjacent to an activating group) is 1. The Kier molecular flexibility index (Phi) is 10.6. The molecule has 11 heteroatoms. The summed E-state index contributed by atoms with van der Waals surface area (Å²) in [5.74, 6) is 6.16. The van der Waals surface area contributed by atoms with Crippen LogP contribution in [-0.2, 0) is 16.2 Å². The van der Waals surface area contributed by atoms with E-state index in [2.05, 4.69) is 37.6 Å². The zero-order valence-electron chi connectivity index (χ0n) is 23.4. The van der Waals surface area contributed by atoms with Gasteiger partial charge < -0.3 is 25.1 Å². The maximum atomic E-state index is 13.5. The normalized spacial score (nSPS) is 11.1. The molecular formula is C31H30ClFN6O3. The number of halogens is 2. The van der Waals surface area contributed by atoms with Crippen LogP contribution in [0.5, 0.6) is 5.75 Å². The first-order valence-corrected chi connectivity index (χ1v) is 13.4. The molecule has 42 heavy (non-hydrogen) atoms. The molecule has 0 spiro atoms. The molecule has 3 aromatic carbocycles. The summed E-state index contributed by atoms with van der Waals surface area (Å²) in [7, 11) is 3.86. The summed E-state index contributed by atoms with van der Waals surface area (Å²) >= 11 is 6.48. The summed E-state index contributed by atoms with van der Waals surface area (Å²) in [6.45, 7) is 2.87. The lowest BCUT2D eigenvalue weighted by Crippen LogP contribution is -2.33. The fourth-order valence-corrected chi connectivity index (χ4v) is 4.05. The van der Waals surface area contributed by atoms with Crippen LogP contribution in [0.25, 0.3) is 10.9 Å². The average Bonchev–Trinajstić information content (AvgIpc) is 2.96. The van der Waals surface area contributed by atoms with Gasteiger partial charge in [0.25, 0.3) is 5.91 Å². The van der Waals surface area contributed by atoms with Gasteiger partial charge in [-0.05, 0) is 81.0 Å². The molecule has 0 aliphatic heterocycles. The second kappa shape index (κ2) is 14.8. The van der Waals surface area contributed by atoms with Crippen molar-refractivity contribution >= 4 is 45.6 Å². The van der Waals surface area contributed by atoms with Gasteiger partial charge in [0.15, 0.2) is 12.3 Å². The molecule has 1 aromatic heterocycles. The summed E-state index contributed by atoms with van der Waals surface area (Å²) < 4.78 is 19.2. The second-order valence-electron chi connectivity index (χ2n) is 9.38. The number of fused-ring (bicyclic) bond motifs is 1. The summed E-state index contributed by atoms with van der Waals surface area (Å²) in [5.41, 5.74) is 3.10. The van der Waals surface area contributed by atoms with Gasteiger partial charge in [-0.2, -0.15) is 0 Å². The molecule has 0 saturated heterocycles. The van der Waals surface area contributed by atoms with Crippen LogP contribution in [0.2, 0.25) is 5.02 Å². The van der Waals surface area contributed by atoms with Crippen molar-refractivity contribution in [2.75, 3.05) is 39.1 Å². The van der Waals surface area contributed by atoms with Gasteiger partial charge in [-0.1, -0.05) is 34.8 Å². The van der Waals surface area contributed by atoms with Gasteiger partial charge in [-0.25, -0.2) is 14.4 Å². The maximum Gasteiger partial charge on any atom is 0.260 e. The first kappa shape index (κ1) is 30.2. The fraction of sp³-hybridized carbons (Fsp3) is 0.226. The van der Waals surface area contributed by atoms with Crippen molar-refractivity contribution in [1.29, 1.82) is 0 Å². The van der Waals surface area contributed by atoms with E-state index in [4.69, 9.17) is 21.2 Å². The Morgan fingerprint density at radius 1 is 1.12 bits per heavy atom. The number of amides is 1. The monoisotopic (exact) mass is 588 g/mol. The molecule has 0 bridgehead atoms. The molecule has 2 N–H and O–H groups in total. The van der Waals surface area contributed by atoms with Crippen LogP contribution in [0.15, 0.2) is 72.1 Å². The van der Waals surface area contributed by atoms with Crippen molar-refractivity contribution in [3.05, 3.63) is 89.0 Å². The Hall–Kier alpha value is -4.72. The first-order valence-electron chi connectivity index (χ1n) is 13.1. The molecule has 216 valence electrons. The van der Waals surface area contributed by atoms with Crippen molar-refractivity contribution < 1.29 is 18.8 Å². The zero-order chi connectivity index (χ0) is 29.9. The van der Waals surface area contributed by atoms with Crippen molar-refractivity contribution in [3.63, 3.8) is 0 Å². The van der Waals surface area contributed by atoms with E-state index in [1.807, 2.05) is 37.2 Å². The van der Waals surface area contributed by atoms with Crippen LogP contribution >= 0.6 is 11.6 Å². The third-order valence-electron chi connectivity index (χ3n) is 5.86. The van der Waals surface area contributed by atoms with Crippen LogP contribution in [-0.4, -0.2) is 60.3 Å². The number of oxime groups is 1. The summed E-state index contributed by atoms with van der Waals surface area (Å²) in [4.78, 5) is 28.1. The highest BCUT2D eigenvalue weighted by molar-refractivity contribution is 6.32. The lowest BCUT2D eigenvalue weighted by Gasteiger charge is -2.12. The Morgan fingerprint density at radius 3 is 2.74 bits per heavy atom. The smallest absolute Gasteiger partial charge is 0.260 e. The average molecular weight is 589 g/mol. The van der Waals surface area contributed by atoms with E-state index in [0.29, 0.717) is 56.6 Å². The van der Waals surface area contributed by atoms with Crippen LogP contribution in [0, 0.1) is 17.7 Å².